The van der Waals surface area contributed by atoms with Gasteiger partial charge in [0.25, 0.3) is 11.8 Å². The lowest BCUT2D eigenvalue weighted by molar-refractivity contribution is -0.123. The summed E-state index contributed by atoms with van der Waals surface area (Å²) in [6.07, 6.45) is 0.279. The summed E-state index contributed by atoms with van der Waals surface area (Å²) in [5.41, 5.74) is 0.256. The molecule has 144 valence electrons. The van der Waals surface area contributed by atoms with Crippen molar-refractivity contribution in [3.63, 3.8) is 0 Å². The minimum atomic E-state index is -1.10. The van der Waals surface area contributed by atoms with Crippen LogP contribution in [0.3, 0.4) is 0 Å². The number of ether oxygens (including phenoxy) is 1. The van der Waals surface area contributed by atoms with Crippen LogP contribution >= 0.6 is 11.3 Å². The van der Waals surface area contributed by atoms with E-state index in [-0.39, 0.29) is 16.3 Å². The molecule has 2 heterocycles. The molecule has 2 aromatic heterocycles. The van der Waals surface area contributed by atoms with Gasteiger partial charge < -0.3 is 19.8 Å². The van der Waals surface area contributed by atoms with Crippen LogP contribution in [0, 0.1) is 5.82 Å². The second-order valence-electron chi connectivity index (χ2n) is 5.64. The van der Waals surface area contributed by atoms with E-state index in [1.54, 1.807) is 12.1 Å². The Morgan fingerprint density at radius 2 is 1.93 bits per heavy atom. The molecule has 0 bridgehead atoms. The Bertz CT molecular complexity index is 999. The number of rotatable bonds is 6. The maximum atomic E-state index is 13.2. The van der Waals surface area contributed by atoms with E-state index in [0.29, 0.717) is 5.00 Å². The van der Waals surface area contributed by atoms with Gasteiger partial charge in [-0.05, 0) is 49.4 Å². The summed E-state index contributed by atoms with van der Waals surface area (Å²) in [6, 6.07) is 11.5. The van der Waals surface area contributed by atoms with Gasteiger partial charge in [0.2, 0.25) is 0 Å². The highest BCUT2D eigenvalue weighted by atomic mass is 32.1. The first-order chi connectivity index (χ1) is 13.4. The van der Waals surface area contributed by atoms with Crippen molar-refractivity contribution in [3.8, 4) is 0 Å². The molecule has 0 fully saturated rings. The van der Waals surface area contributed by atoms with Crippen LogP contribution in [0.1, 0.15) is 27.2 Å². The number of benzene rings is 1. The molecule has 0 saturated carbocycles. The molecule has 0 aliphatic carbocycles. The van der Waals surface area contributed by atoms with Crippen LogP contribution in [0.2, 0.25) is 0 Å². The maximum Gasteiger partial charge on any atom is 0.349 e. The number of amides is 2. The third-order valence-corrected chi connectivity index (χ3v) is 4.51. The van der Waals surface area contributed by atoms with Crippen LogP contribution < -0.4 is 10.6 Å². The number of halogens is 1. The molecule has 1 aromatic carbocycles. The van der Waals surface area contributed by atoms with E-state index in [2.05, 4.69) is 10.6 Å². The molecule has 1 unspecified atom stereocenters. The lowest BCUT2D eigenvalue weighted by atomic mass is 10.3. The Labute approximate surface area is 163 Å². The number of carbonyl (C=O) groups is 3. The molecule has 0 saturated heterocycles. The number of anilines is 2. The predicted octanol–water partition coefficient (Wildman–Crippen LogP) is 3.92. The van der Waals surface area contributed by atoms with E-state index in [1.165, 1.54) is 43.5 Å². The first-order valence-corrected chi connectivity index (χ1v) is 8.96. The largest absolute Gasteiger partial charge is 0.459 e. The second-order valence-corrected chi connectivity index (χ2v) is 6.73. The topological polar surface area (TPSA) is 97.6 Å². The van der Waals surface area contributed by atoms with Gasteiger partial charge in [-0.25, -0.2) is 9.18 Å². The summed E-state index contributed by atoms with van der Waals surface area (Å²) < 4.78 is 23.3. The molecule has 28 heavy (non-hydrogen) atoms. The summed E-state index contributed by atoms with van der Waals surface area (Å²) >= 11 is 0.997. The van der Waals surface area contributed by atoms with Gasteiger partial charge in [-0.2, -0.15) is 0 Å². The maximum absolute atomic E-state index is 13.2. The Kier molecular flexibility index (Phi) is 5.85. The number of esters is 1. The third-order valence-electron chi connectivity index (χ3n) is 3.53. The van der Waals surface area contributed by atoms with Crippen molar-refractivity contribution in [2.24, 2.45) is 0 Å². The molecule has 0 aliphatic rings. The molecule has 0 spiro atoms. The fraction of sp³-hybridized carbons (Fsp3) is 0.105. The fourth-order valence-electron chi connectivity index (χ4n) is 2.18. The van der Waals surface area contributed by atoms with Crippen LogP contribution in [0.25, 0.3) is 0 Å². The fourth-order valence-corrected chi connectivity index (χ4v) is 2.96. The summed E-state index contributed by atoms with van der Waals surface area (Å²) in [4.78, 5) is 36.4. The highest BCUT2D eigenvalue weighted by Gasteiger charge is 2.21. The lowest BCUT2D eigenvalue weighted by Crippen LogP contribution is -2.29. The zero-order valence-corrected chi connectivity index (χ0v) is 15.4. The average Bonchev–Trinajstić information content (AvgIpc) is 3.33. The van der Waals surface area contributed by atoms with Crippen LogP contribution in [-0.2, 0) is 9.53 Å². The number of hydrogen-bond acceptors (Lipinski definition) is 6. The molecule has 3 aromatic rings. The van der Waals surface area contributed by atoms with Gasteiger partial charge in [-0.1, -0.05) is 6.07 Å². The van der Waals surface area contributed by atoms with E-state index < -0.39 is 29.7 Å². The normalized spacial score (nSPS) is 11.5. The van der Waals surface area contributed by atoms with Crippen LogP contribution in [0.5, 0.6) is 0 Å². The molecule has 0 aliphatic heterocycles. The third kappa shape index (κ3) is 4.83. The van der Waals surface area contributed by atoms with Gasteiger partial charge in [0.15, 0.2) is 11.9 Å². The number of thiophene rings is 1. The molecule has 7 nitrogen and oxygen atoms in total. The van der Waals surface area contributed by atoms with Gasteiger partial charge >= 0.3 is 5.97 Å². The number of hydrogen-bond donors (Lipinski definition) is 2. The van der Waals surface area contributed by atoms with Gasteiger partial charge in [0.1, 0.15) is 10.7 Å². The number of furan rings is 1. The van der Waals surface area contributed by atoms with Gasteiger partial charge in [-0.3, -0.25) is 9.59 Å². The molecule has 0 radical (unpaired) electrons. The zero-order valence-electron chi connectivity index (χ0n) is 14.6. The SMILES string of the molecule is CC(OC(=O)c1ccc(NC(=O)c2ccco2)s1)C(=O)Nc1cccc(F)c1. The summed E-state index contributed by atoms with van der Waals surface area (Å²) in [7, 11) is 0. The Balaban J connectivity index is 1.56. The van der Waals surface area contributed by atoms with Crippen molar-refractivity contribution in [1.29, 1.82) is 0 Å². The predicted molar refractivity (Wildman–Crippen MR) is 101 cm³/mol. The molecule has 2 amide bonds. The lowest BCUT2D eigenvalue weighted by Gasteiger charge is -2.13. The van der Waals surface area contributed by atoms with E-state index in [0.717, 1.165) is 17.4 Å². The first-order valence-electron chi connectivity index (χ1n) is 8.14. The Morgan fingerprint density at radius 3 is 2.64 bits per heavy atom. The van der Waals surface area contributed by atoms with E-state index >= 15 is 0 Å². The summed E-state index contributed by atoms with van der Waals surface area (Å²) in [5.74, 6) is -2.12. The van der Waals surface area contributed by atoms with Crippen molar-refractivity contribution in [1.82, 2.24) is 0 Å². The number of nitrogens with one attached hydrogen (secondary N) is 2. The van der Waals surface area contributed by atoms with Gasteiger partial charge in [0.05, 0.1) is 11.3 Å². The quantitative estimate of drug-likeness (QED) is 0.609. The van der Waals surface area contributed by atoms with Gasteiger partial charge in [-0.15, -0.1) is 11.3 Å². The molecule has 1 atom stereocenters. The Hall–Kier alpha value is -3.46. The number of carbonyl (C=O) groups excluding carboxylic acids is 3. The molecule has 3 rings (SSSR count). The molecule has 9 heteroatoms. The highest BCUT2D eigenvalue weighted by Crippen LogP contribution is 2.24. The van der Waals surface area contributed by atoms with Crippen molar-refractivity contribution in [3.05, 3.63) is 71.2 Å². The Morgan fingerprint density at radius 1 is 1.11 bits per heavy atom. The van der Waals surface area contributed by atoms with E-state index in [1.807, 2.05) is 0 Å². The van der Waals surface area contributed by atoms with Crippen molar-refractivity contribution >= 4 is 39.8 Å². The average molecular weight is 402 g/mol. The van der Waals surface area contributed by atoms with E-state index in [9.17, 15) is 18.8 Å². The molecular formula is C19H15FN2O5S. The van der Waals surface area contributed by atoms with Crippen molar-refractivity contribution in [2.45, 2.75) is 13.0 Å². The molecular weight excluding hydrogens is 387 g/mol. The first kappa shape index (κ1) is 19.3. The van der Waals surface area contributed by atoms with Gasteiger partial charge in [0, 0.05) is 5.69 Å². The van der Waals surface area contributed by atoms with Crippen LogP contribution in [0.15, 0.2) is 59.2 Å². The van der Waals surface area contributed by atoms with E-state index in [4.69, 9.17) is 9.15 Å². The standard InChI is InChI=1S/C19H15FN2O5S/c1-11(17(23)21-13-5-2-4-12(20)10-13)27-19(25)15-7-8-16(28-15)22-18(24)14-6-3-9-26-14/h2-11H,1H3,(H,21,23)(H,22,24). The van der Waals surface area contributed by atoms with Crippen molar-refractivity contribution in [2.75, 3.05) is 10.6 Å². The second kappa shape index (κ2) is 8.49. The highest BCUT2D eigenvalue weighted by molar-refractivity contribution is 7.18. The van der Waals surface area contributed by atoms with Crippen LogP contribution in [0.4, 0.5) is 15.1 Å². The monoisotopic (exact) mass is 402 g/mol. The minimum absolute atomic E-state index is 0.139. The summed E-state index contributed by atoms with van der Waals surface area (Å²) in [5, 5.41) is 5.48. The smallest absolute Gasteiger partial charge is 0.349 e. The van der Waals surface area contributed by atoms with Crippen LogP contribution in [-0.4, -0.2) is 23.9 Å². The zero-order chi connectivity index (χ0) is 20.1. The summed E-state index contributed by atoms with van der Waals surface area (Å²) in [6.45, 7) is 1.40. The molecule has 2 N–H and O–H groups in total. The minimum Gasteiger partial charge on any atom is -0.459 e. The van der Waals surface area contributed by atoms with Crippen molar-refractivity contribution < 1.29 is 27.9 Å².